The normalized spacial score (nSPS) is 11.9. The van der Waals surface area contributed by atoms with E-state index in [0.29, 0.717) is 40.4 Å². The van der Waals surface area contributed by atoms with Crippen LogP contribution in [-0.2, 0) is 12.8 Å². The largest absolute Gasteiger partial charge is 0.361 e. The van der Waals surface area contributed by atoms with Crippen molar-refractivity contribution in [1.82, 2.24) is 4.98 Å². The van der Waals surface area contributed by atoms with Crippen LogP contribution in [0.1, 0.15) is 43.5 Å². The third-order valence-electron chi connectivity index (χ3n) is 6.37. The summed E-state index contributed by atoms with van der Waals surface area (Å²) in [7, 11) is 0. The van der Waals surface area contributed by atoms with Crippen molar-refractivity contribution in [3.8, 4) is 0 Å². The first-order chi connectivity index (χ1) is 17.2. The van der Waals surface area contributed by atoms with Gasteiger partial charge in [-0.1, -0.05) is 49.2 Å². The van der Waals surface area contributed by atoms with E-state index in [0.717, 1.165) is 16.5 Å². The molecule has 36 heavy (non-hydrogen) atoms. The van der Waals surface area contributed by atoms with Gasteiger partial charge < -0.3 is 10.3 Å². The summed E-state index contributed by atoms with van der Waals surface area (Å²) in [5.74, 6) is 0. The molecule has 9 heteroatoms. The highest BCUT2D eigenvalue weighted by Crippen LogP contribution is 2.38. The van der Waals surface area contributed by atoms with E-state index < -0.39 is 11.0 Å². The van der Waals surface area contributed by atoms with Crippen LogP contribution in [0.25, 0.3) is 10.9 Å². The second-order valence-electron chi connectivity index (χ2n) is 8.45. The molecule has 1 heterocycles. The molecule has 4 rings (SSSR count). The van der Waals surface area contributed by atoms with Crippen LogP contribution >= 0.6 is 23.2 Å². The monoisotopic (exact) mass is 524 g/mol. The molecule has 2 N–H and O–H groups in total. The summed E-state index contributed by atoms with van der Waals surface area (Å²) in [6.07, 6.45) is 2.70. The van der Waals surface area contributed by atoms with Gasteiger partial charge >= 0.3 is 6.03 Å². The number of anilines is 2. The number of rotatable bonds is 7. The average Bonchev–Trinajstić information content (AvgIpc) is 3.32. The van der Waals surface area contributed by atoms with Crippen molar-refractivity contribution in [3.05, 3.63) is 97.6 Å². The second-order valence-corrected chi connectivity index (χ2v) is 9.29. The first kappa shape index (κ1) is 25.5. The molecular formula is C27H26Cl2N4O3. The predicted molar refractivity (Wildman–Crippen MR) is 147 cm³/mol. The Hall–Kier alpha value is -3.55. The molecule has 0 bridgehead atoms. The molecule has 0 aliphatic rings. The van der Waals surface area contributed by atoms with Gasteiger partial charge in [-0.3, -0.25) is 15.0 Å². The Bertz CT molecular complexity index is 1430. The number of hydrogen-bond donors (Lipinski definition) is 2. The van der Waals surface area contributed by atoms with E-state index in [-0.39, 0.29) is 16.8 Å². The zero-order valence-electron chi connectivity index (χ0n) is 20.1. The van der Waals surface area contributed by atoms with Gasteiger partial charge in [-0.2, -0.15) is 0 Å². The number of aromatic amines is 1. The van der Waals surface area contributed by atoms with E-state index >= 15 is 0 Å². The highest BCUT2D eigenvalue weighted by atomic mass is 35.5. The van der Waals surface area contributed by atoms with Gasteiger partial charge in [-0.15, -0.1) is 0 Å². The third kappa shape index (κ3) is 4.90. The van der Waals surface area contributed by atoms with Crippen molar-refractivity contribution in [2.75, 3.05) is 10.2 Å². The number of fused-ring (bicyclic) bond motifs is 1. The molecule has 2 amide bonds. The fourth-order valence-corrected chi connectivity index (χ4v) is 4.96. The Morgan fingerprint density at radius 2 is 1.75 bits per heavy atom. The van der Waals surface area contributed by atoms with Crippen molar-refractivity contribution < 1.29 is 9.72 Å². The van der Waals surface area contributed by atoms with E-state index in [1.165, 1.54) is 6.07 Å². The fourth-order valence-electron chi connectivity index (χ4n) is 4.51. The lowest BCUT2D eigenvalue weighted by Gasteiger charge is -2.31. The van der Waals surface area contributed by atoms with Gasteiger partial charge in [0, 0.05) is 33.9 Å². The SMILES string of the molecule is CCc1c(Cl)cc([N+](=O)[O-])c(CC)c1NC(=O)N(c1ccc2[nH]ccc2c1)C(C)c1ccc(Cl)cc1. The molecule has 0 aliphatic carbocycles. The number of nitro groups is 1. The number of nitro benzene ring substituents is 1. The number of carbonyl (C=O) groups is 1. The number of amides is 2. The number of hydrogen-bond acceptors (Lipinski definition) is 3. The van der Waals surface area contributed by atoms with E-state index in [1.54, 1.807) is 17.0 Å². The molecule has 7 nitrogen and oxygen atoms in total. The van der Waals surface area contributed by atoms with Gasteiger partial charge in [0.2, 0.25) is 0 Å². The van der Waals surface area contributed by atoms with Crippen molar-refractivity contribution in [3.63, 3.8) is 0 Å². The highest BCUT2D eigenvalue weighted by molar-refractivity contribution is 6.32. The van der Waals surface area contributed by atoms with Crippen molar-refractivity contribution in [2.45, 2.75) is 39.7 Å². The maximum absolute atomic E-state index is 14.0. The number of nitrogens with zero attached hydrogens (tertiary/aromatic N) is 2. The number of H-pyrrole nitrogens is 1. The molecule has 0 saturated carbocycles. The van der Waals surface area contributed by atoms with Gasteiger partial charge in [0.25, 0.3) is 5.69 Å². The summed E-state index contributed by atoms with van der Waals surface area (Å²) < 4.78 is 0. The van der Waals surface area contributed by atoms with Gasteiger partial charge in [0.05, 0.1) is 27.2 Å². The maximum atomic E-state index is 14.0. The first-order valence-corrected chi connectivity index (χ1v) is 12.4. The quantitative estimate of drug-likeness (QED) is 0.188. The molecular weight excluding hydrogens is 499 g/mol. The molecule has 0 aliphatic heterocycles. The number of carbonyl (C=O) groups excluding carboxylic acids is 1. The first-order valence-electron chi connectivity index (χ1n) is 11.7. The molecule has 0 fully saturated rings. The number of nitrogens with one attached hydrogen (secondary N) is 2. The molecule has 3 aromatic carbocycles. The van der Waals surface area contributed by atoms with Crippen molar-refractivity contribution in [2.24, 2.45) is 0 Å². The standard InChI is InChI=1S/C27H26Cl2N4O3/c1-4-21-23(29)15-25(33(35)36)22(5-2)26(21)31-27(34)32(16(3)17-6-8-19(28)9-7-17)20-10-11-24-18(14-20)12-13-30-24/h6-16,30H,4-5H2,1-3H3,(H,31,34). The number of halogens is 2. The Morgan fingerprint density at radius 1 is 1.06 bits per heavy atom. The van der Waals surface area contributed by atoms with Crippen LogP contribution in [0.5, 0.6) is 0 Å². The highest BCUT2D eigenvalue weighted by Gasteiger charge is 2.28. The molecule has 1 atom stereocenters. The fraction of sp³-hybridized carbons (Fsp3) is 0.222. The molecule has 4 aromatic rings. The summed E-state index contributed by atoms with van der Waals surface area (Å²) in [6, 6.07) is 15.5. The Kier molecular flexibility index (Phi) is 7.52. The van der Waals surface area contributed by atoms with Crippen LogP contribution in [0.4, 0.5) is 21.9 Å². The molecule has 1 unspecified atom stereocenters. The number of aromatic nitrogens is 1. The summed E-state index contributed by atoms with van der Waals surface area (Å²) >= 11 is 12.5. The lowest BCUT2D eigenvalue weighted by molar-refractivity contribution is -0.385. The van der Waals surface area contributed by atoms with Crippen LogP contribution < -0.4 is 10.2 Å². The second kappa shape index (κ2) is 10.6. The van der Waals surface area contributed by atoms with Crippen LogP contribution in [0, 0.1) is 10.1 Å². The zero-order chi connectivity index (χ0) is 26.0. The van der Waals surface area contributed by atoms with Crippen LogP contribution in [-0.4, -0.2) is 15.9 Å². The van der Waals surface area contributed by atoms with E-state index in [4.69, 9.17) is 23.2 Å². The van der Waals surface area contributed by atoms with Crippen molar-refractivity contribution >= 4 is 57.2 Å². The molecule has 0 saturated heterocycles. The summed E-state index contributed by atoms with van der Waals surface area (Å²) in [5, 5.41) is 16.5. The van der Waals surface area contributed by atoms with E-state index in [1.807, 2.05) is 63.4 Å². The number of benzene rings is 3. The van der Waals surface area contributed by atoms with Crippen LogP contribution in [0.3, 0.4) is 0 Å². The van der Waals surface area contributed by atoms with Crippen LogP contribution in [0.2, 0.25) is 10.0 Å². The van der Waals surface area contributed by atoms with Gasteiger partial charge in [0.1, 0.15) is 0 Å². The summed E-state index contributed by atoms with van der Waals surface area (Å²) in [4.78, 5) is 30.1. The lowest BCUT2D eigenvalue weighted by Crippen LogP contribution is -2.37. The van der Waals surface area contributed by atoms with Crippen LogP contribution in [0.15, 0.2) is 60.8 Å². The third-order valence-corrected chi connectivity index (χ3v) is 6.96. The van der Waals surface area contributed by atoms with E-state index in [2.05, 4.69) is 10.3 Å². The minimum Gasteiger partial charge on any atom is -0.361 e. The van der Waals surface area contributed by atoms with Gasteiger partial charge in [-0.05, 0) is 67.3 Å². The minimum absolute atomic E-state index is 0.110. The minimum atomic E-state index is -0.465. The topological polar surface area (TPSA) is 91.3 Å². The Morgan fingerprint density at radius 3 is 2.39 bits per heavy atom. The zero-order valence-corrected chi connectivity index (χ0v) is 21.7. The van der Waals surface area contributed by atoms with Gasteiger partial charge in [-0.25, -0.2) is 4.79 Å². The predicted octanol–water partition coefficient (Wildman–Crippen LogP) is 8.31. The summed E-state index contributed by atoms with van der Waals surface area (Å²) in [5.41, 5.74) is 3.89. The molecule has 1 aromatic heterocycles. The Balaban J connectivity index is 1.83. The number of urea groups is 1. The molecule has 0 spiro atoms. The maximum Gasteiger partial charge on any atom is 0.326 e. The summed E-state index contributed by atoms with van der Waals surface area (Å²) in [6.45, 7) is 5.64. The molecule has 186 valence electrons. The Labute approximate surface area is 219 Å². The van der Waals surface area contributed by atoms with E-state index in [9.17, 15) is 14.9 Å². The molecule has 0 radical (unpaired) electrons. The lowest BCUT2D eigenvalue weighted by atomic mass is 10.0. The smallest absolute Gasteiger partial charge is 0.326 e. The van der Waals surface area contributed by atoms with Gasteiger partial charge in [0.15, 0.2) is 0 Å². The van der Waals surface area contributed by atoms with Crippen molar-refractivity contribution in [1.29, 1.82) is 0 Å². The average molecular weight is 525 g/mol.